The van der Waals surface area contributed by atoms with E-state index in [4.69, 9.17) is 4.74 Å². The molecule has 1 aromatic carbocycles. The van der Waals surface area contributed by atoms with E-state index in [0.717, 1.165) is 11.1 Å². The van der Waals surface area contributed by atoms with Crippen molar-refractivity contribution in [1.82, 2.24) is 5.32 Å². The third-order valence-corrected chi connectivity index (χ3v) is 2.11. The fraction of sp³-hybridized carbons (Fsp3) is 0.231. The van der Waals surface area contributed by atoms with E-state index < -0.39 is 6.09 Å². The molecule has 1 rings (SSSR count). The number of alkyl carbamates (subject to hydrolysis) is 1. The molecule has 1 amide bonds. The Balaban J connectivity index is 2.46. The largest absolute Gasteiger partial charge is 0.444 e. The van der Waals surface area contributed by atoms with Gasteiger partial charge in [0.1, 0.15) is 6.61 Å². The molecular weight excluding hydrogens is 218 g/mol. The summed E-state index contributed by atoms with van der Waals surface area (Å²) in [6.45, 7) is 3.66. The summed E-state index contributed by atoms with van der Waals surface area (Å²) in [7, 11) is 0. The zero-order valence-corrected chi connectivity index (χ0v) is 9.90. The highest BCUT2D eigenvalue weighted by Crippen LogP contribution is 2.02. The Morgan fingerprint density at radius 1 is 1.29 bits per heavy atom. The number of nitrogens with one attached hydrogen (secondary N) is 1. The van der Waals surface area contributed by atoms with Gasteiger partial charge in [-0.05, 0) is 25.0 Å². The molecule has 0 radical (unpaired) electrons. The van der Waals surface area contributed by atoms with Gasteiger partial charge in [0.25, 0.3) is 0 Å². The van der Waals surface area contributed by atoms with Crippen molar-refractivity contribution >= 4 is 12.4 Å². The van der Waals surface area contributed by atoms with Crippen molar-refractivity contribution in [3.8, 4) is 0 Å². The molecule has 0 fully saturated rings. The number of aldehydes is 1. The molecule has 17 heavy (non-hydrogen) atoms. The number of ether oxygens (including phenoxy) is 1. The summed E-state index contributed by atoms with van der Waals surface area (Å²) in [6, 6.07) is 9.33. The predicted octanol–water partition coefficient (Wildman–Crippen LogP) is 2.41. The third kappa shape index (κ3) is 4.51. The highest BCUT2D eigenvalue weighted by Gasteiger charge is 2.06. The van der Waals surface area contributed by atoms with Crippen molar-refractivity contribution in [2.45, 2.75) is 20.5 Å². The Hall–Kier alpha value is -2.10. The van der Waals surface area contributed by atoms with E-state index in [1.165, 1.54) is 0 Å². The van der Waals surface area contributed by atoms with E-state index in [9.17, 15) is 9.59 Å². The van der Waals surface area contributed by atoms with Crippen LogP contribution in [0, 0.1) is 0 Å². The second-order valence-corrected chi connectivity index (χ2v) is 3.72. The van der Waals surface area contributed by atoms with Gasteiger partial charge in [-0.15, -0.1) is 0 Å². The van der Waals surface area contributed by atoms with E-state index in [1.54, 1.807) is 13.8 Å². The maximum Gasteiger partial charge on any atom is 0.412 e. The van der Waals surface area contributed by atoms with Crippen LogP contribution in [0.4, 0.5) is 4.79 Å². The van der Waals surface area contributed by atoms with Crippen LogP contribution in [0.1, 0.15) is 19.4 Å². The summed E-state index contributed by atoms with van der Waals surface area (Å²) < 4.78 is 4.97. The standard InChI is InChI=1S/C13H15NO3/c1-10(2)12(8-15)14-13(16)17-9-11-6-4-3-5-7-11/h3-8H,9H2,1-2H3,(H,14,16). The van der Waals surface area contributed by atoms with Crippen molar-refractivity contribution in [1.29, 1.82) is 0 Å². The Morgan fingerprint density at radius 2 is 1.94 bits per heavy atom. The Bertz CT molecular complexity index is 420. The van der Waals surface area contributed by atoms with E-state index in [0.29, 0.717) is 6.29 Å². The minimum atomic E-state index is -0.628. The number of amides is 1. The number of carbonyl (C=O) groups excluding carboxylic acids is 2. The van der Waals surface area contributed by atoms with Gasteiger partial charge >= 0.3 is 6.09 Å². The van der Waals surface area contributed by atoms with Gasteiger partial charge in [-0.2, -0.15) is 0 Å². The van der Waals surface area contributed by atoms with Crippen LogP contribution in [0.25, 0.3) is 0 Å². The first-order valence-corrected chi connectivity index (χ1v) is 5.24. The van der Waals surface area contributed by atoms with Crippen molar-refractivity contribution in [3.05, 3.63) is 47.2 Å². The smallest absolute Gasteiger partial charge is 0.412 e. The van der Waals surface area contributed by atoms with Crippen molar-refractivity contribution < 1.29 is 14.3 Å². The van der Waals surface area contributed by atoms with E-state index in [2.05, 4.69) is 5.32 Å². The highest BCUT2D eigenvalue weighted by molar-refractivity contribution is 5.82. The molecule has 0 atom stereocenters. The molecule has 0 saturated carbocycles. The fourth-order valence-corrected chi connectivity index (χ4v) is 1.14. The first-order valence-electron chi connectivity index (χ1n) is 5.24. The first kappa shape index (κ1) is 13.0. The summed E-state index contributed by atoms with van der Waals surface area (Å²) in [5.74, 6) is 0. The van der Waals surface area contributed by atoms with E-state index in [1.807, 2.05) is 30.3 Å². The third-order valence-electron chi connectivity index (χ3n) is 2.11. The zero-order valence-electron chi connectivity index (χ0n) is 9.90. The van der Waals surface area contributed by atoms with Crippen LogP contribution in [0.5, 0.6) is 0 Å². The molecule has 0 unspecified atom stereocenters. The lowest BCUT2D eigenvalue weighted by molar-refractivity contribution is -0.105. The monoisotopic (exact) mass is 233 g/mol. The Labute approximate surface area is 100 Å². The molecule has 1 aromatic rings. The van der Waals surface area contributed by atoms with Crippen LogP contribution in [-0.2, 0) is 16.1 Å². The summed E-state index contributed by atoms with van der Waals surface area (Å²) in [5.41, 5.74) is 1.87. The van der Waals surface area contributed by atoms with Gasteiger partial charge in [0.2, 0.25) is 0 Å². The Morgan fingerprint density at radius 3 is 2.47 bits per heavy atom. The van der Waals surface area contributed by atoms with Crippen LogP contribution >= 0.6 is 0 Å². The molecule has 0 aliphatic carbocycles. The van der Waals surface area contributed by atoms with Gasteiger partial charge < -0.3 is 4.74 Å². The number of allylic oxidation sites excluding steroid dienone is 2. The summed E-state index contributed by atoms with van der Waals surface area (Å²) in [5, 5.41) is 2.39. The predicted molar refractivity (Wildman–Crippen MR) is 64.2 cm³/mol. The number of benzene rings is 1. The zero-order chi connectivity index (χ0) is 12.7. The summed E-state index contributed by atoms with van der Waals surface area (Å²) in [4.78, 5) is 22.0. The van der Waals surface area contributed by atoms with Crippen LogP contribution < -0.4 is 5.32 Å². The van der Waals surface area contributed by atoms with E-state index in [-0.39, 0.29) is 12.3 Å². The van der Waals surface area contributed by atoms with Crippen molar-refractivity contribution in [2.24, 2.45) is 0 Å². The highest BCUT2D eigenvalue weighted by atomic mass is 16.5. The molecule has 4 heteroatoms. The van der Waals surface area contributed by atoms with Gasteiger partial charge in [-0.1, -0.05) is 30.3 Å². The number of carbonyl (C=O) groups is 2. The minimum absolute atomic E-state index is 0.182. The maximum absolute atomic E-state index is 11.4. The van der Waals surface area contributed by atoms with Gasteiger partial charge in [0.15, 0.2) is 6.29 Å². The molecule has 1 N–H and O–H groups in total. The molecule has 0 aliphatic rings. The summed E-state index contributed by atoms with van der Waals surface area (Å²) >= 11 is 0. The average Bonchev–Trinajstić information content (AvgIpc) is 2.34. The van der Waals surface area contributed by atoms with Crippen LogP contribution in [0.15, 0.2) is 41.6 Å². The molecule has 4 nitrogen and oxygen atoms in total. The molecule has 0 saturated heterocycles. The molecule has 0 spiro atoms. The molecule has 90 valence electrons. The lowest BCUT2D eigenvalue weighted by atomic mass is 10.2. The Kier molecular flexibility index (Phi) is 4.94. The summed E-state index contributed by atoms with van der Waals surface area (Å²) in [6.07, 6.45) is -0.0313. The van der Waals surface area contributed by atoms with Gasteiger partial charge in [0.05, 0.1) is 5.70 Å². The van der Waals surface area contributed by atoms with E-state index >= 15 is 0 Å². The lowest BCUT2D eigenvalue weighted by Crippen LogP contribution is -2.25. The molecule has 0 aliphatic heterocycles. The topological polar surface area (TPSA) is 55.4 Å². The van der Waals surface area contributed by atoms with Crippen LogP contribution in [-0.4, -0.2) is 12.4 Å². The first-order chi connectivity index (χ1) is 8.13. The van der Waals surface area contributed by atoms with Gasteiger partial charge in [-0.3, -0.25) is 10.1 Å². The minimum Gasteiger partial charge on any atom is -0.444 e. The molecule has 0 bridgehead atoms. The molecule has 0 aromatic heterocycles. The quantitative estimate of drug-likeness (QED) is 0.641. The lowest BCUT2D eigenvalue weighted by Gasteiger charge is -2.07. The fourth-order valence-electron chi connectivity index (χ4n) is 1.14. The van der Waals surface area contributed by atoms with Crippen molar-refractivity contribution in [2.75, 3.05) is 0 Å². The number of rotatable bonds is 4. The van der Waals surface area contributed by atoms with Gasteiger partial charge in [-0.25, -0.2) is 4.79 Å². The number of hydrogen-bond acceptors (Lipinski definition) is 3. The molecular formula is C13H15NO3. The normalized spacial score (nSPS) is 9.29. The van der Waals surface area contributed by atoms with Crippen LogP contribution in [0.3, 0.4) is 0 Å². The van der Waals surface area contributed by atoms with Crippen molar-refractivity contribution in [3.63, 3.8) is 0 Å². The molecule has 0 heterocycles. The number of hydrogen-bond donors (Lipinski definition) is 1. The second-order valence-electron chi connectivity index (χ2n) is 3.72. The van der Waals surface area contributed by atoms with Crippen LogP contribution in [0.2, 0.25) is 0 Å². The maximum atomic E-state index is 11.4. The van der Waals surface area contributed by atoms with Gasteiger partial charge in [0, 0.05) is 0 Å². The SMILES string of the molecule is CC(C)=C(C=O)NC(=O)OCc1ccccc1. The average molecular weight is 233 g/mol. The second kappa shape index (κ2) is 6.48.